The van der Waals surface area contributed by atoms with E-state index in [1.165, 1.54) is 12.8 Å². The van der Waals surface area contributed by atoms with Crippen LogP contribution in [0.5, 0.6) is 0 Å². The van der Waals surface area contributed by atoms with Crippen LogP contribution in [0.3, 0.4) is 0 Å². The van der Waals surface area contributed by atoms with E-state index in [0.717, 1.165) is 43.0 Å². The molecule has 0 bridgehead atoms. The Morgan fingerprint density at radius 1 is 1.36 bits per heavy atom. The molecular formula is C19H31IN4O. The largest absolute Gasteiger partial charge is 0.352 e. The lowest BCUT2D eigenvalue weighted by Crippen LogP contribution is -2.38. The van der Waals surface area contributed by atoms with Crippen LogP contribution in [-0.2, 0) is 11.3 Å². The predicted molar refractivity (Wildman–Crippen MR) is 116 cm³/mol. The first-order valence-electron chi connectivity index (χ1n) is 8.95. The van der Waals surface area contributed by atoms with Gasteiger partial charge in [-0.2, -0.15) is 0 Å². The first kappa shape index (κ1) is 21.7. The van der Waals surface area contributed by atoms with Crippen molar-refractivity contribution in [3.05, 3.63) is 29.8 Å². The van der Waals surface area contributed by atoms with E-state index >= 15 is 0 Å². The van der Waals surface area contributed by atoms with E-state index in [4.69, 9.17) is 0 Å². The van der Waals surface area contributed by atoms with Crippen LogP contribution in [-0.4, -0.2) is 37.4 Å². The summed E-state index contributed by atoms with van der Waals surface area (Å²) in [5.74, 6) is 1.26. The highest BCUT2D eigenvalue weighted by atomic mass is 127. The lowest BCUT2D eigenvalue weighted by Gasteiger charge is -2.24. The van der Waals surface area contributed by atoms with Crippen LogP contribution >= 0.6 is 24.0 Å². The van der Waals surface area contributed by atoms with E-state index in [1.54, 1.807) is 7.05 Å². The second-order valence-electron chi connectivity index (χ2n) is 6.49. The number of unbranched alkanes of at least 4 members (excludes halogenated alkanes) is 1. The second kappa shape index (κ2) is 11.3. The van der Waals surface area contributed by atoms with Gasteiger partial charge in [-0.25, -0.2) is 0 Å². The third-order valence-electron chi connectivity index (χ3n) is 4.54. The van der Waals surface area contributed by atoms with Gasteiger partial charge in [-0.15, -0.1) is 24.0 Å². The molecule has 6 heteroatoms. The summed E-state index contributed by atoms with van der Waals surface area (Å²) >= 11 is 0. The number of nitrogens with zero attached hydrogens (tertiary/aromatic N) is 2. The van der Waals surface area contributed by atoms with Crippen LogP contribution in [0.2, 0.25) is 0 Å². The Morgan fingerprint density at radius 2 is 2.12 bits per heavy atom. The number of carbonyl (C=O) groups excluding carboxylic acids is 1. The third-order valence-corrected chi connectivity index (χ3v) is 4.54. The normalized spacial score (nSPS) is 14.3. The maximum Gasteiger partial charge on any atom is 0.227 e. The van der Waals surface area contributed by atoms with Gasteiger partial charge in [-0.05, 0) is 37.0 Å². The van der Waals surface area contributed by atoms with Crippen LogP contribution in [0.4, 0.5) is 5.69 Å². The van der Waals surface area contributed by atoms with E-state index in [-0.39, 0.29) is 35.8 Å². The Balaban J connectivity index is 0.00000312. The highest BCUT2D eigenvalue weighted by molar-refractivity contribution is 14.0. The summed E-state index contributed by atoms with van der Waals surface area (Å²) < 4.78 is 0. The summed E-state index contributed by atoms with van der Waals surface area (Å²) in [7, 11) is 3.86. The van der Waals surface area contributed by atoms with Crippen molar-refractivity contribution in [3.8, 4) is 0 Å². The van der Waals surface area contributed by atoms with E-state index < -0.39 is 0 Å². The first-order valence-corrected chi connectivity index (χ1v) is 8.95. The van der Waals surface area contributed by atoms with Gasteiger partial charge in [0.05, 0.1) is 0 Å². The number of benzene rings is 1. The Hall–Kier alpha value is -1.31. The molecule has 0 atom stereocenters. The topological polar surface area (TPSA) is 56.7 Å². The van der Waals surface area contributed by atoms with Gasteiger partial charge >= 0.3 is 0 Å². The molecular weight excluding hydrogens is 427 g/mol. The van der Waals surface area contributed by atoms with Crippen LogP contribution in [0.25, 0.3) is 0 Å². The summed E-state index contributed by atoms with van der Waals surface area (Å²) in [4.78, 5) is 18.5. The minimum absolute atomic E-state index is 0. The van der Waals surface area contributed by atoms with Crippen LogP contribution in [0, 0.1) is 5.92 Å². The molecule has 1 amide bonds. The fourth-order valence-electron chi connectivity index (χ4n) is 2.74. The Bertz CT molecular complexity index is 572. The minimum atomic E-state index is 0. The quantitative estimate of drug-likeness (QED) is 0.371. The van der Waals surface area contributed by atoms with Gasteiger partial charge in [-0.3, -0.25) is 9.79 Å². The number of nitrogens with one attached hydrogen (secondary N) is 2. The maximum absolute atomic E-state index is 12.1. The van der Waals surface area contributed by atoms with Gasteiger partial charge in [0.25, 0.3) is 0 Å². The zero-order chi connectivity index (χ0) is 17.4. The molecule has 140 valence electrons. The van der Waals surface area contributed by atoms with Gasteiger partial charge in [0.1, 0.15) is 0 Å². The molecule has 0 unspecified atom stereocenters. The molecule has 1 aromatic carbocycles. The minimum Gasteiger partial charge on any atom is -0.352 e. The zero-order valence-corrected chi connectivity index (χ0v) is 17.9. The number of halogens is 1. The molecule has 1 aliphatic carbocycles. The average molecular weight is 458 g/mol. The lowest BCUT2D eigenvalue weighted by atomic mass is 9.85. The SMILES string of the molecule is CCCCN(C)C(=NC)NCc1cccc(NC(=O)C2CCC2)c1.I. The number of carbonyl (C=O) groups is 1. The van der Waals surface area contributed by atoms with Gasteiger partial charge in [0.15, 0.2) is 5.96 Å². The highest BCUT2D eigenvalue weighted by Gasteiger charge is 2.25. The molecule has 0 radical (unpaired) electrons. The van der Waals surface area contributed by atoms with Crippen molar-refractivity contribution < 1.29 is 4.79 Å². The van der Waals surface area contributed by atoms with Gasteiger partial charge in [0.2, 0.25) is 5.91 Å². The summed E-state index contributed by atoms with van der Waals surface area (Å²) in [6.07, 6.45) is 5.54. The molecule has 1 saturated carbocycles. The Kier molecular flexibility index (Phi) is 9.85. The predicted octanol–water partition coefficient (Wildman–Crippen LogP) is 3.85. The van der Waals surface area contributed by atoms with Crippen molar-refractivity contribution in [2.45, 2.75) is 45.6 Å². The van der Waals surface area contributed by atoms with Crippen LogP contribution < -0.4 is 10.6 Å². The average Bonchev–Trinajstić information content (AvgIpc) is 2.52. The van der Waals surface area contributed by atoms with Gasteiger partial charge in [-0.1, -0.05) is 31.9 Å². The van der Waals surface area contributed by atoms with Crippen LogP contribution in [0.15, 0.2) is 29.3 Å². The number of guanidine groups is 1. The summed E-state index contributed by atoms with van der Waals surface area (Å²) in [5, 5.41) is 6.41. The first-order chi connectivity index (χ1) is 11.6. The number of anilines is 1. The van der Waals surface area contributed by atoms with Crippen molar-refractivity contribution in [1.29, 1.82) is 0 Å². The number of hydrogen-bond donors (Lipinski definition) is 2. The summed E-state index contributed by atoms with van der Waals surface area (Å²) in [6.45, 7) is 3.87. The third kappa shape index (κ3) is 6.84. The van der Waals surface area contributed by atoms with Gasteiger partial charge in [0, 0.05) is 38.8 Å². The number of amides is 1. The highest BCUT2D eigenvalue weighted by Crippen LogP contribution is 2.27. The molecule has 5 nitrogen and oxygen atoms in total. The van der Waals surface area contributed by atoms with E-state index in [1.807, 2.05) is 18.2 Å². The molecule has 2 N–H and O–H groups in total. The fourth-order valence-corrected chi connectivity index (χ4v) is 2.74. The molecule has 0 aliphatic heterocycles. The van der Waals surface area contributed by atoms with E-state index in [0.29, 0.717) is 6.54 Å². The van der Waals surface area contributed by atoms with E-state index in [9.17, 15) is 4.79 Å². The molecule has 0 heterocycles. The fraction of sp³-hybridized carbons (Fsp3) is 0.579. The molecule has 1 fully saturated rings. The van der Waals surface area contributed by atoms with Gasteiger partial charge < -0.3 is 15.5 Å². The molecule has 0 saturated heterocycles. The molecule has 1 aliphatic rings. The molecule has 0 aromatic heterocycles. The Morgan fingerprint density at radius 3 is 2.72 bits per heavy atom. The van der Waals surface area contributed by atoms with Crippen molar-refractivity contribution in [2.24, 2.45) is 10.9 Å². The smallest absolute Gasteiger partial charge is 0.227 e. The molecule has 0 spiro atoms. The monoisotopic (exact) mass is 458 g/mol. The molecule has 2 rings (SSSR count). The number of rotatable bonds is 7. The van der Waals surface area contributed by atoms with Crippen molar-refractivity contribution >= 4 is 41.5 Å². The number of aliphatic imine (C=N–C) groups is 1. The van der Waals surface area contributed by atoms with Crippen molar-refractivity contribution in [3.63, 3.8) is 0 Å². The van der Waals surface area contributed by atoms with E-state index in [2.05, 4.69) is 40.6 Å². The lowest BCUT2D eigenvalue weighted by molar-refractivity contribution is -0.122. The zero-order valence-electron chi connectivity index (χ0n) is 15.5. The van der Waals surface area contributed by atoms with Crippen molar-refractivity contribution in [2.75, 3.05) is 26.0 Å². The summed E-state index contributed by atoms with van der Waals surface area (Å²) in [5.41, 5.74) is 2.01. The number of hydrogen-bond acceptors (Lipinski definition) is 2. The Labute approximate surface area is 168 Å². The van der Waals surface area contributed by atoms with Crippen molar-refractivity contribution in [1.82, 2.24) is 10.2 Å². The summed E-state index contributed by atoms with van der Waals surface area (Å²) in [6, 6.07) is 8.02. The van der Waals surface area contributed by atoms with Crippen LogP contribution in [0.1, 0.15) is 44.6 Å². The molecule has 25 heavy (non-hydrogen) atoms. The molecule has 1 aromatic rings. The second-order valence-corrected chi connectivity index (χ2v) is 6.49. The standard InChI is InChI=1S/C19H30N4O.HI/c1-4-5-12-23(3)19(20-2)21-14-15-8-6-11-17(13-15)22-18(24)16-9-7-10-16;/h6,8,11,13,16H,4-5,7,9-10,12,14H2,1-3H3,(H,20,21)(H,22,24);1H. The maximum atomic E-state index is 12.1.